The summed E-state index contributed by atoms with van der Waals surface area (Å²) in [5.74, 6) is 0.571. The minimum absolute atomic E-state index is 0.196. The van der Waals surface area contributed by atoms with E-state index in [1.54, 1.807) is 13.2 Å². The third-order valence-electron chi connectivity index (χ3n) is 1.09. The normalized spacial score (nSPS) is 25.0. The molecule has 1 heterocycles. The second kappa shape index (κ2) is 2.64. The van der Waals surface area contributed by atoms with Gasteiger partial charge in [0, 0.05) is 7.11 Å². The standard InChI is InChI=1S/C6H9NO2/c1-3-5-7-4-6(8-2)9-5/h3,6H,1,4H2,2H3. The van der Waals surface area contributed by atoms with Crippen molar-refractivity contribution < 1.29 is 9.47 Å². The maximum absolute atomic E-state index is 5.07. The Balaban J connectivity index is 2.39. The molecule has 9 heavy (non-hydrogen) atoms. The van der Waals surface area contributed by atoms with E-state index in [0.717, 1.165) is 0 Å². The lowest BCUT2D eigenvalue weighted by Crippen LogP contribution is -2.13. The Kier molecular flexibility index (Phi) is 1.85. The van der Waals surface area contributed by atoms with E-state index in [0.29, 0.717) is 12.4 Å². The maximum Gasteiger partial charge on any atom is 0.221 e. The molecule has 0 aliphatic carbocycles. The molecule has 1 aliphatic heterocycles. The third-order valence-corrected chi connectivity index (χ3v) is 1.09. The number of hydrogen-bond acceptors (Lipinski definition) is 3. The topological polar surface area (TPSA) is 30.8 Å². The molecule has 0 bridgehead atoms. The van der Waals surface area contributed by atoms with Crippen LogP contribution in [-0.2, 0) is 9.47 Å². The van der Waals surface area contributed by atoms with Crippen LogP contribution >= 0.6 is 0 Å². The first-order valence-corrected chi connectivity index (χ1v) is 2.73. The summed E-state index contributed by atoms with van der Waals surface area (Å²) in [6, 6.07) is 0. The van der Waals surface area contributed by atoms with Crippen LogP contribution in [0, 0.1) is 0 Å². The van der Waals surface area contributed by atoms with E-state index in [2.05, 4.69) is 11.6 Å². The predicted octanol–water partition coefficient (Wildman–Crippen LogP) is 0.574. The fourth-order valence-corrected chi connectivity index (χ4v) is 0.609. The minimum atomic E-state index is -0.196. The first kappa shape index (κ1) is 6.29. The van der Waals surface area contributed by atoms with E-state index < -0.39 is 0 Å². The van der Waals surface area contributed by atoms with Crippen molar-refractivity contribution in [2.45, 2.75) is 6.29 Å². The zero-order valence-electron chi connectivity index (χ0n) is 5.33. The lowest BCUT2D eigenvalue weighted by molar-refractivity contribution is -0.0399. The largest absolute Gasteiger partial charge is 0.446 e. The molecule has 0 fully saturated rings. The molecule has 0 saturated heterocycles. The van der Waals surface area contributed by atoms with E-state index >= 15 is 0 Å². The molecule has 1 atom stereocenters. The van der Waals surface area contributed by atoms with Gasteiger partial charge in [-0.05, 0) is 6.08 Å². The summed E-state index contributed by atoms with van der Waals surface area (Å²) in [4.78, 5) is 3.96. The number of ether oxygens (including phenoxy) is 2. The highest BCUT2D eigenvalue weighted by atomic mass is 16.7. The summed E-state index contributed by atoms with van der Waals surface area (Å²) in [5.41, 5.74) is 0. The fraction of sp³-hybridized carbons (Fsp3) is 0.500. The van der Waals surface area contributed by atoms with Crippen molar-refractivity contribution in [1.82, 2.24) is 0 Å². The fourth-order valence-electron chi connectivity index (χ4n) is 0.609. The van der Waals surface area contributed by atoms with Crippen molar-refractivity contribution in [2.24, 2.45) is 4.99 Å². The number of nitrogens with zero attached hydrogens (tertiary/aromatic N) is 1. The average molecular weight is 127 g/mol. The number of rotatable bonds is 2. The third kappa shape index (κ3) is 1.29. The lowest BCUT2D eigenvalue weighted by Gasteiger charge is -2.05. The van der Waals surface area contributed by atoms with E-state index in [1.165, 1.54) is 0 Å². The average Bonchev–Trinajstić information content (AvgIpc) is 2.34. The molecular weight excluding hydrogens is 118 g/mol. The molecule has 0 aromatic heterocycles. The second-order valence-corrected chi connectivity index (χ2v) is 1.67. The zero-order valence-corrected chi connectivity index (χ0v) is 5.33. The Labute approximate surface area is 54.0 Å². The molecule has 0 saturated carbocycles. The van der Waals surface area contributed by atoms with E-state index in [-0.39, 0.29) is 6.29 Å². The highest BCUT2D eigenvalue weighted by Gasteiger charge is 2.15. The van der Waals surface area contributed by atoms with Crippen molar-refractivity contribution in [3.8, 4) is 0 Å². The highest BCUT2D eigenvalue weighted by Crippen LogP contribution is 2.04. The molecule has 0 aromatic rings. The molecule has 0 aromatic carbocycles. The van der Waals surface area contributed by atoms with Gasteiger partial charge in [0.1, 0.15) is 6.54 Å². The summed E-state index contributed by atoms with van der Waals surface area (Å²) < 4.78 is 9.93. The van der Waals surface area contributed by atoms with E-state index in [1.807, 2.05) is 0 Å². The smallest absolute Gasteiger partial charge is 0.221 e. The van der Waals surface area contributed by atoms with Crippen molar-refractivity contribution >= 4 is 5.90 Å². The molecular formula is C6H9NO2. The van der Waals surface area contributed by atoms with Crippen molar-refractivity contribution in [3.63, 3.8) is 0 Å². The first-order valence-electron chi connectivity index (χ1n) is 2.73. The SMILES string of the molecule is C=CC1=NCC(OC)O1. The van der Waals surface area contributed by atoms with Gasteiger partial charge in [0.05, 0.1) is 0 Å². The van der Waals surface area contributed by atoms with Crippen LogP contribution in [0.1, 0.15) is 0 Å². The monoisotopic (exact) mass is 127 g/mol. The number of hydrogen-bond donors (Lipinski definition) is 0. The van der Waals surface area contributed by atoms with Crippen molar-refractivity contribution in [1.29, 1.82) is 0 Å². The van der Waals surface area contributed by atoms with Crippen molar-refractivity contribution in [2.75, 3.05) is 13.7 Å². The Bertz CT molecular complexity index is 142. The lowest BCUT2D eigenvalue weighted by atomic mass is 10.6. The minimum Gasteiger partial charge on any atom is -0.446 e. The van der Waals surface area contributed by atoms with Crippen LogP contribution in [0.5, 0.6) is 0 Å². The van der Waals surface area contributed by atoms with Gasteiger partial charge in [-0.3, -0.25) is 0 Å². The maximum atomic E-state index is 5.07. The molecule has 1 aliphatic rings. The van der Waals surface area contributed by atoms with Gasteiger partial charge >= 0.3 is 0 Å². The summed E-state index contributed by atoms with van der Waals surface area (Å²) in [6.07, 6.45) is 1.37. The molecule has 0 spiro atoms. The predicted molar refractivity (Wildman–Crippen MR) is 34.4 cm³/mol. The second-order valence-electron chi connectivity index (χ2n) is 1.67. The van der Waals surface area contributed by atoms with Gasteiger partial charge in [-0.1, -0.05) is 6.58 Å². The van der Waals surface area contributed by atoms with Gasteiger partial charge in [0.15, 0.2) is 0 Å². The van der Waals surface area contributed by atoms with Gasteiger partial charge in [-0.2, -0.15) is 0 Å². The van der Waals surface area contributed by atoms with Crippen LogP contribution < -0.4 is 0 Å². The van der Waals surface area contributed by atoms with Crippen LogP contribution in [0.15, 0.2) is 17.6 Å². The van der Waals surface area contributed by atoms with Gasteiger partial charge in [0.25, 0.3) is 0 Å². The molecule has 0 N–H and O–H groups in total. The van der Waals surface area contributed by atoms with Crippen LogP contribution in [0.2, 0.25) is 0 Å². The number of aliphatic imine (C=N–C) groups is 1. The van der Waals surface area contributed by atoms with Gasteiger partial charge in [-0.15, -0.1) is 0 Å². The molecule has 50 valence electrons. The summed E-state index contributed by atoms with van der Waals surface area (Å²) >= 11 is 0. The number of methoxy groups -OCH3 is 1. The van der Waals surface area contributed by atoms with Crippen LogP contribution in [0.4, 0.5) is 0 Å². The van der Waals surface area contributed by atoms with Gasteiger partial charge in [0.2, 0.25) is 12.2 Å². The molecule has 0 amide bonds. The van der Waals surface area contributed by atoms with E-state index in [9.17, 15) is 0 Å². The molecule has 1 unspecified atom stereocenters. The Hall–Kier alpha value is -0.830. The quantitative estimate of drug-likeness (QED) is 0.543. The van der Waals surface area contributed by atoms with E-state index in [4.69, 9.17) is 9.47 Å². The molecule has 0 radical (unpaired) electrons. The Morgan fingerprint density at radius 1 is 2.00 bits per heavy atom. The zero-order chi connectivity index (χ0) is 6.69. The van der Waals surface area contributed by atoms with Crippen LogP contribution in [0.3, 0.4) is 0 Å². The summed E-state index contributed by atoms with van der Waals surface area (Å²) in [7, 11) is 1.59. The Morgan fingerprint density at radius 2 is 2.78 bits per heavy atom. The van der Waals surface area contributed by atoms with Crippen LogP contribution in [-0.4, -0.2) is 25.8 Å². The first-order chi connectivity index (χ1) is 4.36. The molecule has 1 rings (SSSR count). The van der Waals surface area contributed by atoms with Gasteiger partial charge < -0.3 is 9.47 Å². The van der Waals surface area contributed by atoms with Crippen molar-refractivity contribution in [3.05, 3.63) is 12.7 Å². The summed E-state index contributed by atoms with van der Waals surface area (Å²) in [5, 5.41) is 0. The Morgan fingerprint density at radius 3 is 3.11 bits per heavy atom. The molecule has 3 heteroatoms. The summed E-state index contributed by atoms with van der Waals surface area (Å²) in [6.45, 7) is 4.08. The highest BCUT2D eigenvalue weighted by molar-refractivity contribution is 5.88. The van der Waals surface area contributed by atoms with Gasteiger partial charge in [-0.25, -0.2) is 4.99 Å². The molecule has 3 nitrogen and oxygen atoms in total. The van der Waals surface area contributed by atoms with Crippen LogP contribution in [0.25, 0.3) is 0 Å².